The molecule has 1 aliphatic carbocycles. The van der Waals surface area contributed by atoms with Crippen molar-refractivity contribution in [3.8, 4) is 11.1 Å². The van der Waals surface area contributed by atoms with Crippen LogP contribution in [-0.4, -0.2) is 27.9 Å². The van der Waals surface area contributed by atoms with Gasteiger partial charge in [-0.05, 0) is 73.4 Å². The number of hydrogen-bond acceptors (Lipinski definition) is 3. The molecule has 1 unspecified atom stereocenters. The molecule has 0 saturated heterocycles. The van der Waals surface area contributed by atoms with Crippen molar-refractivity contribution in [3.63, 3.8) is 0 Å². The van der Waals surface area contributed by atoms with Crippen LogP contribution in [0.2, 0.25) is 0 Å². The van der Waals surface area contributed by atoms with Crippen LogP contribution in [0.15, 0.2) is 73.1 Å². The minimum Gasteiger partial charge on any atom is -0.349 e. The third-order valence-electron chi connectivity index (χ3n) is 7.35. The van der Waals surface area contributed by atoms with E-state index in [0.717, 1.165) is 42.6 Å². The van der Waals surface area contributed by atoms with Crippen LogP contribution in [0.5, 0.6) is 0 Å². The van der Waals surface area contributed by atoms with Crippen LogP contribution in [0, 0.1) is 5.92 Å². The number of carbonyl (C=O) groups excluding carboxylic acids is 1. The van der Waals surface area contributed by atoms with Crippen molar-refractivity contribution in [2.75, 3.05) is 0 Å². The fraction of sp³-hybridized carbons (Fsp3) is 0.357. The van der Waals surface area contributed by atoms with Gasteiger partial charge in [0.1, 0.15) is 0 Å². The minimum absolute atomic E-state index is 0.0298. The van der Waals surface area contributed by atoms with Crippen molar-refractivity contribution in [1.29, 1.82) is 0 Å². The van der Waals surface area contributed by atoms with Crippen LogP contribution >= 0.6 is 0 Å². The molecule has 0 radical (unpaired) electrons. The van der Waals surface area contributed by atoms with Crippen molar-refractivity contribution in [2.45, 2.75) is 57.8 Å². The number of rotatable bonds is 5. The third-order valence-corrected chi connectivity index (χ3v) is 7.35. The molecule has 3 aromatic rings. The lowest BCUT2D eigenvalue weighted by molar-refractivity contribution is 0.0891. The molecule has 5 rings (SSSR count). The van der Waals surface area contributed by atoms with E-state index in [1.165, 1.54) is 24.0 Å². The van der Waals surface area contributed by atoms with E-state index in [1.807, 2.05) is 42.6 Å². The number of nitrogens with one attached hydrogen (secondary N) is 1. The molecule has 4 heteroatoms. The Labute approximate surface area is 190 Å². The monoisotopic (exact) mass is 425 g/mol. The van der Waals surface area contributed by atoms with Crippen molar-refractivity contribution in [2.24, 2.45) is 5.92 Å². The van der Waals surface area contributed by atoms with E-state index in [9.17, 15) is 4.79 Å². The van der Waals surface area contributed by atoms with Crippen LogP contribution in [0.3, 0.4) is 0 Å². The summed E-state index contributed by atoms with van der Waals surface area (Å²) in [7, 11) is 0. The molecule has 2 heterocycles. The zero-order valence-corrected chi connectivity index (χ0v) is 18.7. The molecule has 1 saturated carbocycles. The normalized spacial score (nSPS) is 21.7. The maximum absolute atomic E-state index is 12.9. The highest BCUT2D eigenvalue weighted by Gasteiger charge is 2.31. The first kappa shape index (κ1) is 20.9. The van der Waals surface area contributed by atoms with Gasteiger partial charge in [-0.15, -0.1) is 0 Å². The van der Waals surface area contributed by atoms with Gasteiger partial charge in [0.2, 0.25) is 0 Å². The van der Waals surface area contributed by atoms with E-state index in [-0.39, 0.29) is 11.9 Å². The van der Waals surface area contributed by atoms with Gasteiger partial charge >= 0.3 is 0 Å². The van der Waals surface area contributed by atoms with Gasteiger partial charge < -0.3 is 5.32 Å². The van der Waals surface area contributed by atoms with E-state index in [2.05, 4.69) is 46.4 Å². The molecule has 164 valence electrons. The average Bonchev–Trinajstić information content (AvgIpc) is 3.29. The highest BCUT2D eigenvalue weighted by molar-refractivity contribution is 5.95. The Morgan fingerprint density at radius 3 is 2.34 bits per heavy atom. The Kier molecular flexibility index (Phi) is 6.04. The topological polar surface area (TPSA) is 45.2 Å². The van der Waals surface area contributed by atoms with E-state index < -0.39 is 0 Å². The van der Waals surface area contributed by atoms with E-state index >= 15 is 0 Å². The Bertz CT molecular complexity index is 1050. The number of amides is 1. The van der Waals surface area contributed by atoms with Crippen LogP contribution < -0.4 is 5.32 Å². The molecule has 2 aromatic carbocycles. The summed E-state index contributed by atoms with van der Waals surface area (Å²) in [5.74, 6) is 0.730. The Balaban J connectivity index is 1.15. The SMILES string of the molecule is CC(C1CCC(NC(=O)c2cccc(-c3cccnc3)c2)CC1)N1Cc2ccccc2C1. The largest absolute Gasteiger partial charge is 0.349 e. The smallest absolute Gasteiger partial charge is 0.251 e. The van der Waals surface area contributed by atoms with Crippen molar-refractivity contribution < 1.29 is 4.79 Å². The van der Waals surface area contributed by atoms with Gasteiger partial charge in [-0.25, -0.2) is 0 Å². The molecule has 2 aliphatic rings. The summed E-state index contributed by atoms with van der Waals surface area (Å²) in [5.41, 5.74) is 5.73. The third kappa shape index (κ3) is 4.46. The molecule has 1 aliphatic heterocycles. The maximum Gasteiger partial charge on any atom is 0.251 e. The fourth-order valence-electron chi connectivity index (χ4n) is 5.33. The molecule has 1 fully saturated rings. The second-order valence-corrected chi connectivity index (χ2v) is 9.32. The van der Waals surface area contributed by atoms with Gasteiger partial charge in [0.15, 0.2) is 0 Å². The van der Waals surface area contributed by atoms with Crippen molar-refractivity contribution >= 4 is 5.91 Å². The zero-order chi connectivity index (χ0) is 21.9. The van der Waals surface area contributed by atoms with Gasteiger partial charge in [0.25, 0.3) is 5.91 Å². The molecule has 32 heavy (non-hydrogen) atoms. The summed E-state index contributed by atoms with van der Waals surface area (Å²) in [5, 5.41) is 3.29. The standard InChI is InChI=1S/C28H31N3O/c1-20(31-18-25-6-2-3-7-26(25)19-31)21-11-13-27(14-12-21)30-28(32)23-9-4-8-22(16-23)24-10-5-15-29-17-24/h2-10,15-17,20-21,27H,11-14,18-19H2,1H3,(H,30,32). The Morgan fingerprint density at radius 1 is 0.938 bits per heavy atom. The number of nitrogens with zero attached hydrogens (tertiary/aromatic N) is 2. The Hall–Kier alpha value is -2.98. The predicted molar refractivity (Wildman–Crippen MR) is 128 cm³/mol. The molecule has 1 aromatic heterocycles. The van der Waals surface area contributed by atoms with Crippen LogP contribution in [0.1, 0.15) is 54.1 Å². The van der Waals surface area contributed by atoms with Gasteiger partial charge in [0, 0.05) is 48.7 Å². The maximum atomic E-state index is 12.9. The van der Waals surface area contributed by atoms with Crippen LogP contribution in [0.4, 0.5) is 0 Å². The molecular weight excluding hydrogens is 394 g/mol. The van der Waals surface area contributed by atoms with Gasteiger partial charge in [-0.1, -0.05) is 42.5 Å². The lowest BCUT2D eigenvalue weighted by atomic mass is 9.81. The number of aromatic nitrogens is 1. The van der Waals surface area contributed by atoms with Crippen molar-refractivity contribution in [1.82, 2.24) is 15.2 Å². The molecule has 0 spiro atoms. The first-order chi connectivity index (χ1) is 15.7. The average molecular weight is 426 g/mol. The lowest BCUT2D eigenvalue weighted by Crippen LogP contribution is -2.42. The quantitative estimate of drug-likeness (QED) is 0.592. The highest BCUT2D eigenvalue weighted by atomic mass is 16.1. The van der Waals surface area contributed by atoms with Gasteiger partial charge in [0.05, 0.1) is 0 Å². The minimum atomic E-state index is 0.0298. The molecule has 1 atom stereocenters. The second-order valence-electron chi connectivity index (χ2n) is 9.32. The van der Waals surface area contributed by atoms with E-state index in [1.54, 1.807) is 6.20 Å². The Morgan fingerprint density at radius 2 is 1.66 bits per heavy atom. The zero-order valence-electron chi connectivity index (χ0n) is 18.7. The van der Waals surface area contributed by atoms with E-state index in [4.69, 9.17) is 0 Å². The van der Waals surface area contributed by atoms with Crippen LogP contribution in [0.25, 0.3) is 11.1 Å². The lowest BCUT2D eigenvalue weighted by Gasteiger charge is -2.37. The number of pyridine rings is 1. The summed E-state index contributed by atoms with van der Waals surface area (Å²) in [6, 6.07) is 21.4. The highest BCUT2D eigenvalue weighted by Crippen LogP contribution is 2.33. The summed E-state index contributed by atoms with van der Waals surface area (Å²) in [4.78, 5) is 19.7. The summed E-state index contributed by atoms with van der Waals surface area (Å²) in [6.45, 7) is 4.53. The predicted octanol–water partition coefficient (Wildman–Crippen LogP) is 5.44. The van der Waals surface area contributed by atoms with Crippen molar-refractivity contribution in [3.05, 3.63) is 89.7 Å². The second kappa shape index (κ2) is 9.25. The fourth-order valence-corrected chi connectivity index (χ4v) is 5.33. The van der Waals surface area contributed by atoms with Gasteiger partial charge in [-0.3, -0.25) is 14.7 Å². The number of benzene rings is 2. The molecule has 4 nitrogen and oxygen atoms in total. The number of fused-ring (bicyclic) bond motifs is 1. The van der Waals surface area contributed by atoms with Crippen LogP contribution in [-0.2, 0) is 13.1 Å². The van der Waals surface area contributed by atoms with E-state index in [0.29, 0.717) is 12.0 Å². The number of carbonyl (C=O) groups is 1. The molecular formula is C28H31N3O. The number of hydrogen-bond donors (Lipinski definition) is 1. The first-order valence-corrected chi connectivity index (χ1v) is 11.8. The molecule has 0 bridgehead atoms. The summed E-state index contributed by atoms with van der Waals surface area (Å²) >= 11 is 0. The first-order valence-electron chi connectivity index (χ1n) is 11.8. The molecule has 1 N–H and O–H groups in total. The molecule has 1 amide bonds. The summed E-state index contributed by atoms with van der Waals surface area (Å²) < 4.78 is 0. The van der Waals surface area contributed by atoms with Gasteiger partial charge in [-0.2, -0.15) is 0 Å². The summed E-state index contributed by atoms with van der Waals surface area (Å²) in [6.07, 6.45) is 8.06.